The third-order valence-corrected chi connectivity index (χ3v) is 1.77. The normalized spacial score (nSPS) is 12.5. The number of nitrogens with two attached hydrogens (primary N) is 1. The van der Waals surface area contributed by atoms with Crippen LogP contribution in [0.1, 0.15) is 22.0 Å². The second-order valence-electron chi connectivity index (χ2n) is 2.68. The zero-order valence-electron chi connectivity index (χ0n) is 6.90. The minimum atomic E-state index is -0.638. The Balaban J connectivity index is 3.13. The van der Waals surface area contributed by atoms with E-state index >= 15 is 0 Å². The van der Waals surface area contributed by atoms with Gasteiger partial charge in [0.1, 0.15) is 12.1 Å². The predicted octanol–water partition coefficient (Wildman–Crippen LogP) is 0.630. The van der Waals surface area contributed by atoms with Gasteiger partial charge in [-0.2, -0.15) is 0 Å². The van der Waals surface area contributed by atoms with Gasteiger partial charge >= 0.3 is 0 Å². The topological polar surface area (TPSA) is 63.3 Å². The number of aliphatic hydroxyl groups is 1. The third kappa shape index (κ3) is 2.11. The molecule has 0 aliphatic carbocycles. The third-order valence-electron chi connectivity index (χ3n) is 1.77. The van der Waals surface area contributed by atoms with Crippen LogP contribution in [0.25, 0.3) is 0 Å². The molecule has 3 N–H and O–H groups in total. The molecule has 0 saturated carbocycles. The summed E-state index contributed by atoms with van der Waals surface area (Å²) in [6.07, 6.45) is 0.522. The summed E-state index contributed by atoms with van der Waals surface area (Å²) >= 11 is 0. The molecule has 0 heterocycles. The fraction of sp³-hybridized carbons (Fsp3) is 0.222. The van der Waals surface area contributed by atoms with E-state index in [2.05, 4.69) is 0 Å². The molecule has 0 spiro atoms. The summed E-state index contributed by atoms with van der Waals surface area (Å²) < 4.78 is 12.6. The molecule has 0 aliphatic heterocycles. The number of hydrogen-bond donors (Lipinski definition) is 2. The van der Waals surface area contributed by atoms with Crippen LogP contribution in [-0.2, 0) is 0 Å². The van der Waals surface area contributed by atoms with Gasteiger partial charge in [0.15, 0.2) is 0 Å². The van der Waals surface area contributed by atoms with Crippen LogP contribution in [-0.4, -0.2) is 18.0 Å². The van der Waals surface area contributed by atoms with Gasteiger partial charge in [-0.1, -0.05) is 6.07 Å². The summed E-state index contributed by atoms with van der Waals surface area (Å²) in [5, 5.41) is 8.74. The molecule has 1 atom stereocenters. The Hall–Kier alpha value is -1.26. The Kier molecular flexibility index (Phi) is 3.11. The quantitative estimate of drug-likeness (QED) is 0.675. The van der Waals surface area contributed by atoms with Gasteiger partial charge in [0.2, 0.25) is 0 Å². The fourth-order valence-corrected chi connectivity index (χ4v) is 1.08. The number of carbonyl (C=O) groups is 1. The highest BCUT2D eigenvalue weighted by atomic mass is 19.1. The van der Waals surface area contributed by atoms with E-state index in [1.807, 2.05) is 0 Å². The summed E-state index contributed by atoms with van der Waals surface area (Å²) in [5.74, 6) is -0.490. The van der Waals surface area contributed by atoms with Crippen LogP contribution in [0.4, 0.5) is 4.39 Å². The number of carbonyl (C=O) groups excluding carboxylic acids is 1. The molecule has 0 radical (unpaired) electrons. The molecular weight excluding hydrogens is 173 g/mol. The molecule has 1 rings (SSSR count). The minimum Gasteiger partial charge on any atom is -0.394 e. The van der Waals surface area contributed by atoms with E-state index in [4.69, 9.17) is 10.8 Å². The van der Waals surface area contributed by atoms with Gasteiger partial charge in [-0.3, -0.25) is 4.79 Å². The van der Waals surface area contributed by atoms with Crippen LogP contribution in [0.15, 0.2) is 18.2 Å². The summed E-state index contributed by atoms with van der Waals surface area (Å²) in [7, 11) is 0. The average Bonchev–Trinajstić information content (AvgIpc) is 2.16. The van der Waals surface area contributed by atoms with Gasteiger partial charge in [-0.05, 0) is 17.7 Å². The smallest absolute Gasteiger partial charge is 0.150 e. The number of rotatable bonds is 3. The second-order valence-corrected chi connectivity index (χ2v) is 2.68. The van der Waals surface area contributed by atoms with Crippen molar-refractivity contribution in [1.82, 2.24) is 0 Å². The highest BCUT2D eigenvalue weighted by Crippen LogP contribution is 2.15. The van der Waals surface area contributed by atoms with Crippen LogP contribution < -0.4 is 5.73 Å². The molecule has 0 saturated heterocycles. The maximum atomic E-state index is 12.6. The summed E-state index contributed by atoms with van der Waals surface area (Å²) in [6, 6.07) is 3.07. The molecule has 1 aromatic carbocycles. The molecule has 0 amide bonds. The van der Waals surface area contributed by atoms with E-state index < -0.39 is 11.9 Å². The summed E-state index contributed by atoms with van der Waals surface area (Å²) in [6.45, 7) is -0.271. The maximum Gasteiger partial charge on any atom is 0.150 e. The summed E-state index contributed by atoms with van der Waals surface area (Å²) in [5.41, 5.74) is 6.13. The van der Waals surface area contributed by atoms with E-state index in [0.29, 0.717) is 11.8 Å². The van der Waals surface area contributed by atoms with Crippen LogP contribution >= 0.6 is 0 Å². The van der Waals surface area contributed by atoms with Gasteiger partial charge < -0.3 is 10.8 Å². The first-order chi connectivity index (χ1) is 6.19. The van der Waals surface area contributed by atoms with Crippen molar-refractivity contribution in [1.29, 1.82) is 0 Å². The lowest BCUT2D eigenvalue weighted by Gasteiger charge is -2.10. The zero-order chi connectivity index (χ0) is 9.84. The van der Waals surface area contributed by atoms with E-state index in [-0.39, 0.29) is 12.2 Å². The van der Waals surface area contributed by atoms with Crippen LogP contribution in [0.2, 0.25) is 0 Å². The SMILES string of the molecule is NC(CO)c1ccc(F)cc1C=O. The molecule has 0 bridgehead atoms. The first-order valence-corrected chi connectivity index (χ1v) is 3.80. The van der Waals surface area contributed by atoms with Crippen molar-refractivity contribution in [2.45, 2.75) is 6.04 Å². The second kappa shape index (κ2) is 4.11. The number of aldehydes is 1. The van der Waals surface area contributed by atoms with Gasteiger partial charge in [0.05, 0.1) is 12.6 Å². The van der Waals surface area contributed by atoms with Gasteiger partial charge in [0, 0.05) is 5.56 Å². The number of hydrogen-bond acceptors (Lipinski definition) is 3. The largest absolute Gasteiger partial charge is 0.394 e. The Morgan fingerprint density at radius 3 is 2.85 bits per heavy atom. The van der Waals surface area contributed by atoms with Crippen LogP contribution in [0.3, 0.4) is 0 Å². The first kappa shape index (κ1) is 9.83. The molecule has 0 aliphatic rings. The van der Waals surface area contributed by atoms with Gasteiger partial charge in [-0.25, -0.2) is 4.39 Å². The van der Waals surface area contributed by atoms with Crippen LogP contribution in [0.5, 0.6) is 0 Å². The molecule has 0 fully saturated rings. The Bertz CT molecular complexity index is 314. The maximum absolute atomic E-state index is 12.6. The molecule has 0 aromatic heterocycles. The van der Waals surface area contributed by atoms with Crippen molar-refractivity contribution in [2.75, 3.05) is 6.61 Å². The van der Waals surface area contributed by atoms with Gasteiger partial charge in [0.25, 0.3) is 0 Å². The Morgan fingerprint density at radius 2 is 2.31 bits per heavy atom. The van der Waals surface area contributed by atoms with Crippen molar-refractivity contribution in [3.05, 3.63) is 35.1 Å². The minimum absolute atomic E-state index is 0.182. The first-order valence-electron chi connectivity index (χ1n) is 3.80. The predicted molar refractivity (Wildman–Crippen MR) is 45.8 cm³/mol. The number of benzene rings is 1. The number of halogens is 1. The van der Waals surface area contributed by atoms with Crippen molar-refractivity contribution < 1.29 is 14.3 Å². The van der Waals surface area contributed by atoms with Crippen molar-refractivity contribution >= 4 is 6.29 Å². The molecule has 1 unspecified atom stereocenters. The fourth-order valence-electron chi connectivity index (χ4n) is 1.08. The molecule has 1 aromatic rings. The Morgan fingerprint density at radius 1 is 1.62 bits per heavy atom. The Labute approximate surface area is 75.0 Å². The molecule has 3 nitrogen and oxygen atoms in total. The van der Waals surface area contributed by atoms with Crippen molar-refractivity contribution in [2.24, 2.45) is 5.73 Å². The van der Waals surface area contributed by atoms with Gasteiger partial charge in [-0.15, -0.1) is 0 Å². The van der Waals surface area contributed by atoms with Crippen molar-refractivity contribution in [3.63, 3.8) is 0 Å². The summed E-state index contributed by atoms with van der Waals surface area (Å²) in [4.78, 5) is 10.5. The van der Waals surface area contributed by atoms with Crippen molar-refractivity contribution in [3.8, 4) is 0 Å². The standard InChI is InChI=1S/C9H10FNO2/c10-7-1-2-8(9(11)5-13)6(3-7)4-12/h1-4,9,13H,5,11H2. The lowest BCUT2D eigenvalue weighted by molar-refractivity contribution is 0.112. The van der Waals surface area contributed by atoms with E-state index in [1.54, 1.807) is 0 Å². The lowest BCUT2D eigenvalue weighted by Crippen LogP contribution is -2.16. The zero-order valence-corrected chi connectivity index (χ0v) is 6.90. The molecule has 4 heteroatoms. The molecular formula is C9H10FNO2. The average molecular weight is 183 g/mol. The van der Waals surface area contributed by atoms with E-state index in [9.17, 15) is 9.18 Å². The monoisotopic (exact) mass is 183 g/mol. The molecule has 70 valence electrons. The van der Waals surface area contributed by atoms with Crippen LogP contribution in [0, 0.1) is 5.82 Å². The highest BCUT2D eigenvalue weighted by molar-refractivity contribution is 5.77. The molecule has 13 heavy (non-hydrogen) atoms. The van der Waals surface area contributed by atoms with E-state index in [1.165, 1.54) is 12.1 Å². The van der Waals surface area contributed by atoms with E-state index in [0.717, 1.165) is 6.07 Å². The highest BCUT2D eigenvalue weighted by Gasteiger charge is 2.09. The lowest BCUT2D eigenvalue weighted by atomic mass is 10.0. The number of aliphatic hydroxyl groups excluding tert-OH is 1.